The molecule has 0 saturated carbocycles. The van der Waals surface area contributed by atoms with Crippen LogP contribution in [0.5, 0.6) is 0 Å². The molecule has 1 amide bonds. The van der Waals surface area contributed by atoms with Crippen LogP contribution in [-0.4, -0.2) is 77.6 Å². The van der Waals surface area contributed by atoms with Crippen LogP contribution in [0.2, 0.25) is 0 Å². The summed E-state index contributed by atoms with van der Waals surface area (Å²) in [6, 6.07) is 5.57. The topological polar surface area (TPSA) is 120 Å². The number of halogens is 1. The van der Waals surface area contributed by atoms with Gasteiger partial charge in [0.2, 0.25) is 0 Å². The number of amides is 1. The molecular weight excluding hydrogens is 461 g/mol. The normalized spacial score (nSPS) is 15.2. The Morgan fingerprint density at radius 1 is 1.19 bits per heavy atom. The standard InChI is InChI=1S/C25H26FN9O/c26-20-11-18(12-28-14-20)25(36)34-9-7-33(8-10-34)21(3-1-2-5-27)16-35-15-19(13-32-35)23-22-4-6-29-24(22)31-17-30-23/h4,6,11-15,17,21H,1-3,7-10,16H2,(H,29,30,31)/t21-/m1/s1. The van der Waals surface area contributed by atoms with Crippen LogP contribution in [0.4, 0.5) is 4.39 Å². The SMILES string of the molecule is N#CCCC[C@H](Cn1cc(-c2ncnc3[nH]ccc23)cn1)N1CCN(C(=O)c2cncc(F)c2)CC1. The van der Waals surface area contributed by atoms with Crippen molar-refractivity contribution in [2.45, 2.75) is 31.8 Å². The summed E-state index contributed by atoms with van der Waals surface area (Å²) >= 11 is 0. The van der Waals surface area contributed by atoms with Gasteiger partial charge in [-0.3, -0.25) is 19.4 Å². The zero-order valence-corrected chi connectivity index (χ0v) is 19.7. The van der Waals surface area contributed by atoms with Gasteiger partial charge in [0.1, 0.15) is 17.8 Å². The lowest BCUT2D eigenvalue weighted by molar-refractivity contribution is 0.0531. The van der Waals surface area contributed by atoms with Gasteiger partial charge in [-0.2, -0.15) is 10.4 Å². The molecule has 10 nitrogen and oxygen atoms in total. The van der Waals surface area contributed by atoms with Crippen LogP contribution in [-0.2, 0) is 6.54 Å². The number of carbonyl (C=O) groups excluding carboxylic acids is 1. The molecule has 4 aromatic rings. The van der Waals surface area contributed by atoms with E-state index in [-0.39, 0.29) is 17.5 Å². The molecule has 5 heterocycles. The van der Waals surface area contributed by atoms with Gasteiger partial charge in [-0.15, -0.1) is 0 Å². The van der Waals surface area contributed by atoms with E-state index in [1.165, 1.54) is 18.6 Å². The number of pyridine rings is 1. The van der Waals surface area contributed by atoms with E-state index in [2.05, 4.69) is 36.0 Å². The molecule has 1 aliphatic heterocycles. The zero-order chi connectivity index (χ0) is 24.9. The summed E-state index contributed by atoms with van der Waals surface area (Å²) < 4.78 is 15.4. The fourth-order valence-corrected chi connectivity index (χ4v) is 4.71. The minimum absolute atomic E-state index is 0.164. The van der Waals surface area contributed by atoms with E-state index in [0.29, 0.717) is 39.1 Å². The Labute approximate surface area is 207 Å². The van der Waals surface area contributed by atoms with Crippen molar-refractivity contribution in [2.24, 2.45) is 0 Å². The highest BCUT2D eigenvalue weighted by Crippen LogP contribution is 2.24. The van der Waals surface area contributed by atoms with Gasteiger partial charge in [0.15, 0.2) is 0 Å². The van der Waals surface area contributed by atoms with Crippen molar-refractivity contribution in [1.82, 2.24) is 39.5 Å². The fraction of sp³-hybridized carbons (Fsp3) is 0.360. The van der Waals surface area contributed by atoms with Crippen molar-refractivity contribution < 1.29 is 9.18 Å². The number of hydrogen-bond donors (Lipinski definition) is 1. The third-order valence-corrected chi connectivity index (χ3v) is 6.55. The molecule has 0 aliphatic carbocycles. The van der Waals surface area contributed by atoms with Gasteiger partial charge in [-0.25, -0.2) is 14.4 Å². The quantitative estimate of drug-likeness (QED) is 0.380. The molecule has 0 bridgehead atoms. The first kappa shape index (κ1) is 23.6. The molecule has 0 radical (unpaired) electrons. The van der Waals surface area contributed by atoms with Gasteiger partial charge in [-0.1, -0.05) is 0 Å². The van der Waals surface area contributed by atoms with Crippen molar-refractivity contribution in [3.05, 3.63) is 60.8 Å². The lowest BCUT2D eigenvalue weighted by Crippen LogP contribution is -2.53. The van der Waals surface area contributed by atoms with Gasteiger partial charge in [-0.05, 0) is 25.0 Å². The number of carbonyl (C=O) groups is 1. The summed E-state index contributed by atoms with van der Waals surface area (Å²) in [6.07, 6.45) is 11.8. The highest BCUT2D eigenvalue weighted by atomic mass is 19.1. The predicted octanol–water partition coefficient (Wildman–Crippen LogP) is 2.88. The van der Waals surface area contributed by atoms with Gasteiger partial charge in [0, 0.05) is 68.2 Å². The molecule has 0 unspecified atom stereocenters. The average Bonchev–Trinajstić information content (AvgIpc) is 3.57. The zero-order valence-electron chi connectivity index (χ0n) is 19.7. The molecule has 1 fully saturated rings. The molecule has 5 rings (SSSR count). The predicted molar refractivity (Wildman–Crippen MR) is 130 cm³/mol. The first-order valence-electron chi connectivity index (χ1n) is 11.9. The van der Waals surface area contributed by atoms with Crippen LogP contribution >= 0.6 is 0 Å². The molecule has 1 atom stereocenters. The van der Waals surface area contributed by atoms with E-state index in [4.69, 9.17) is 5.26 Å². The molecule has 11 heteroatoms. The highest BCUT2D eigenvalue weighted by molar-refractivity contribution is 5.94. The fourth-order valence-electron chi connectivity index (χ4n) is 4.71. The van der Waals surface area contributed by atoms with E-state index >= 15 is 0 Å². The van der Waals surface area contributed by atoms with Crippen LogP contribution in [0.3, 0.4) is 0 Å². The lowest BCUT2D eigenvalue weighted by atomic mass is 10.1. The van der Waals surface area contributed by atoms with Crippen molar-refractivity contribution in [3.63, 3.8) is 0 Å². The maximum atomic E-state index is 13.5. The first-order valence-corrected chi connectivity index (χ1v) is 11.9. The summed E-state index contributed by atoms with van der Waals surface area (Å²) in [4.78, 5) is 32.5. The van der Waals surface area contributed by atoms with Crippen LogP contribution in [0.1, 0.15) is 29.6 Å². The Morgan fingerprint density at radius 3 is 2.86 bits per heavy atom. The Hall–Kier alpha value is -4.17. The number of hydrogen-bond acceptors (Lipinski definition) is 7. The monoisotopic (exact) mass is 487 g/mol. The summed E-state index contributed by atoms with van der Waals surface area (Å²) in [6.45, 7) is 3.13. The van der Waals surface area contributed by atoms with E-state index in [1.54, 1.807) is 4.90 Å². The summed E-state index contributed by atoms with van der Waals surface area (Å²) in [7, 11) is 0. The van der Waals surface area contributed by atoms with Gasteiger partial charge in [0.25, 0.3) is 5.91 Å². The largest absolute Gasteiger partial charge is 0.346 e. The smallest absolute Gasteiger partial charge is 0.255 e. The average molecular weight is 488 g/mol. The van der Waals surface area contributed by atoms with Crippen molar-refractivity contribution in [2.75, 3.05) is 26.2 Å². The third-order valence-electron chi connectivity index (χ3n) is 6.55. The number of rotatable bonds is 8. The van der Waals surface area contributed by atoms with E-state index < -0.39 is 5.82 Å². The molecule has 184 valence electrons. The van der Waals surface area contributed by atoms with Gasteiger partial charge >= 0.3 is 0 Å². The van der Waals surface area contributed by atoms with E-state index in [9.17, 15) is 9.18 Å². The molecular formula is C25H26FN9O. The molecule has 4 aromatic heterocycles. The summed E-state index contributed by atoms with van der Waals surface area (Å²) in [5, 5.41) is 14.6. The second-order valence-electron chi connectivity index (χ2n) is 8.84. The molecule has 0 aromatic carbocycles. The first-order chi connectivity index (χ1) is 17.6. The number of nitrogens with zero attached hydrogens (tertiary/aromatic N) is 8. The van der Waals surface area contributed by atoms with E-state index in [0.717, 1.165) is 41.3 Å². The second kappa shape index (κ2) is 10.6. The number of nitriles is 1. The Bertz CT molecular complexity index is 1380. The minimum Gasteiger partial charge on any atom is -0.346 e. The van der Waals surface area contributed by atoms with E-state index in [1.807, 2.05) is 29.3 Å². The number of aromatic amines is 1. The second-order valence-corrected chi connectivity index (χ2v) is 8.84. The number of nitrogens with one attached hydrogen (secondary N) is 1. The Kier molecular flexibility index (Phi) is 6.95. The number of unbranched alkanes of at least 4 members (excludes halogenated alkanes) is 1. The molecule has 1 N–H and O–H groups in total. The van der Waals surface area contributed by atoms with Crippen LogP contribution < -0.4 is 0 Å². The van der Waals surface area contributed by atoms with Crippen molar-refractivity contribution >= 4 is 16.9 Å². The maximum Gasteiger partial charge on any atom is 0.255 e. The van der Waals surface area contributed by atoms with Crippen LogP contribution in [0.25, 0.3) is 22.3 Å². The van der Waals surface area contributed by atoms with Crippen LogP contribution in [0, 0.1) is 17.1 Å². The minimum atomic E-state index is -0.519. The van der Waals surface area contributed by atoms with Gasteiger partial charge < -0.3 is 9.88 Å². The molecule has 36 heavy (non-hydrogen) atoms. The number of aromatic nitrogens is 6. The molecule has 1 aliphatic rings. The third kappa shape index (κ3) is 5.08. The highest BCUT2D eigenvalue weighted by Gasteiger charge is 2.27. The maximum absolute atomic E-state index is 13.5. The van der Waals surface area contributed by atoms with Crippen molar-refractivity contribution in [3.8, 4) is 17.3 Å². The van der Waals surface area contributed by atoms with Crippen molar-refractivity contribution in [1.29, 1.82) is 5.26 Å². The Morgan fingerprint density at radius 2 is 2.06 bits per heavy atom. The number of piperazine rings is 1. The Balaban J connectivity index is 1.27. The lowest BCUT2D eigenvalue weighted by Gasteiger charge is -2.39. The van der Waals surface area contributed by atoms with Crippen LogP contribution in [0.15, 0.2) is 49.4 Å². The molecule has 0 spiro atoms. The number of H-pyrrole nitrogens is 1. The summed E-state index contributed by atoms with van der Waals surface area (Å²) in [5.41, 5.74) is 2.78. The molecule has 1 saturated heterocycles. The van der Waals surface area contributed by atoms with Gasteiger partial charge in [0.05, 0.1) is 36.3 Å². The number of fused-ring (bicyclic) bond motifs is 1. The summed E-state index contributed by atoms with van der Waals surface area (Å²) in [5.74, 6) is -0.727.